The van der Waals surface area contributed by atoms with E-state index >= 15 is 0 Å². The normalized spacial score (nSPS) is 14.7. The summed E-state index contributed by atoms with van der Waals surface area (Å²) in [4.78, 5) is 21.9. The molecule has 3 rings (SSSR count). The number of benzene rings is 1. The standard InChI is InChI=1S/C16H16F2N4O/c1-9-20-6-12(15(19)21-9)16(23)22-7-11(8-22)4-10-2-3-13(17)14(18)5-10/h2-3,5-6,11H,4,7-8H2,1H3,(H2,19,20,21). The van der Waals surface area contributed by atoms with E-state index < -0.39 is 11.6 Å². The Bertz CT molecular complexity index is 760. The number of nitrogens with zero attached hydrogens (tertiary/aromatic N) is 3. The monoisotopic (exact) mass is 318 g/mol. The van der Waals surface area contributed by atoms with Gasteiger partial charge in [0.05, 0.1) is 0 Å². The molecular weight excluding hydrogens is 302 g/mol. The van der Waals surface area contributed by atoms with Crippen molar-refractivity contribution in [3.05, 3.63) is 53.0 Å². The van der Waals surface area contributed by atoms with Crippen LogP contribution in [0.3, 0.4) is 0 Å². The van der Waals surface area contributed by atoms with Gasteiger partial charge in [-0.1, -0.05) is 6.07 Å². The molecule has 23 heavy (non-hydrogen) atoms. The fraction of sp³-hybridized carbons (Fsp3) is 0.312. The van der Waals surface area contributed by atoms with Gasteiger partial charge < -0.3 is 10.6 Å². The third-order valence-electron chi connectivity index (χ3n) is 3.92. The van der Waals surface area contributed by atoms with Gasteiger partial charge in [0, 0.05) is 19.3 Å². The second-order valence-electron chi connectivity index (χ2n) is 5.74. The zero-order valence-corrected chi connectivity index (χ0v) is 12.6. The predicted octanol–water partition coefficient (Wildman–Crippen LogP) is 1.96. The van der Waals surface area contributed by atoms with E-state index in [0.717, 1.165) is 11.6 Å². The molecule has 1 fully saturated rings. The summed E-state index contributed by atoms with van der Waals surface area (Å²) >= 11 is 0. The second kappa shape index (κ2) is 5.91. The van der Waals surface area contributed by atoms with Gasteiger partial charge in [0.2, 0.25) is 0 Å². The lowest BCUT2D eigenvalue weighted by molar-refractivity contribution is 0.0501. The molecule has 0 radical (unpaired) electrons. The summed E-state index contributed by atoms with van der Waals surface area (Å²) in [7, 11) is 0. The van der Waals surface area contributed by atoms with Crippen molar-refractivity contribution in [2.75, 3.05) is 18.8 Å². The Morgan fingerprint density at radius 1 is 1.35 bits per heavy atom. The summed E-state index contributed by atoms with van der Waals surface area (Å²) in [5.74, 6) is -1.00. The van der Waals surface area contributed by atoms with Crippen LogP contribution < -0.4 is 5.73 Å². The quantitative estimate of drug-likeness (QED) is 0.939. The lowest BCUT2D eigenvalue weighted by Gasteiger charge is -2.39. The molecule has 2 heterocycles. The van der Waals surface area contributed by atoms with Gasteiger partial charge in [0.1, 0.15) is 17.2 Å². The number of nitrogens with two attached hydrogens (primary N) is 1. The van der Waals surface area contributed by atoms with Crippen molar-refractivity contribution in [2.45, 2.75) is 13.3 Å². The third kappa shape index (κ3) is 3.13. The van der Waals surface area contributed by atoms with Gasteiger partial charge in [-0.3, -0.25) is 4.79 Å². The molecule has 1 aromatic heterocycles. The molecule has 7 heteroatoms. The van der Waals surface area contributed by atoms with Crippen molar-refractivity contribution in [3.8, 4) is 0 Å². The van der Waals surface area contributed by atoms with Crippen molar-refractivity contribution in [3.63, 3.8) is 0 Å². The molecule has 120 valence electrons. The minimum Gasteiger partial charge on any atom is -0.383 e. The Hall–Kier alpha value is -2.57. The number of hydrogen-bond donors (Lipinski definition) is 1. The van der Waals surface area contributed by atoms with E-state index in [4.69, 9.17) is 5.73 Å². The van der Waals surface area contributed by atoms with E-state index in [0.29, 0.717) is 30.9 Å². The van der Waals surface area contributed by atoms with Crippen molar-refractivity contribution in [1.29, 1.82) is 0 Å². The van der Waals surface area contributed by atoms with Crippen LogP contribution >= 0.6 is 0 Å². The number of carbonyl (C=O) groups excluding carboxylic acids is 1. The van der Waals surface area contributed by atoms with Gasteiger partial charge in [-0.2, -0.15) is 0 Å². The summed E-state index contributed by atoms with van der Waals surface area (Å²) < 4.78 is 26.1. The minimum atomic E-state index is -0.853. The maximum absolute atomic E-state index is 13.2. The van der Waals surface area contributed by atoms with Gasteiger partial charge in [0.15, 0.2) is 11.6 Å². The van der Waals surface area contributed by atoms with E-state index in [-0.39, 0.29) is 17.6 Å². The SMILES string of the molecule is Cc1ncc(C(=O)N2CC(Cc3ccc(F)c(F)c3)C2)c(N)n1. The predicted molar refractivity (Wildman–Crippen MR) is 80.6 cm³/mol. The van der Waals surface area contributed by atoms with Gasteiger partial charge in [-0.25, -0.2) is 18.7 Å². The molecule has 1 saturated heterocycles. The number of aryl methyl sites for hydroxylation is 1. The highest BCUT2D eigenvalue weighted by molar-refractivity contribution is 5.98. The Balaban J connectivity index is 1.60. The average Bonchev–Trinajstić information content (AvgIpc) is 2.45. The highest BCUT2D eigenvalue weighted by Gasteiger charge is 2.32. The number of amides is 1. The molecule has 1 aromatic carbocycles. The van der Waals surface area contributed by atoms with Crippen molar-refractivity contribution >= 4 is 11.7 Å². The molecule has 0 spiro atoms. The van der Waals surface area contributed by atoms with Crippen LogP contribution in [0.5, 0.6) is 0 Å². The van der Waals surface area contributed by atoms with Crippen molar-refractivity contribution in [2.24, 2.45) is 5.92 Å². The fourth-order valence-corrected chi connectivity index (χ4v) is 2.69. The molecule has 1 aliphatic heterocycles. The second-order valence-corrected chi connectivity index (χ2v) is 5.74. The number of aromatic nitrogens is 2. The largest absolute Gasteiger partial charge is 0.383 e. The number of carbonyl (C=O) groups is 1. The van der Waals surface area contributed by atoms with Gasteiger partial charge in [-0.15, -0.1) is 0 Å². The average molecular weight is 318 g/mol. The number of halogens is 2. The van der Waals surface area contributed by atoms with E-state index in [9.17, 15) is 13.6 Å². The molecule has 5 nitrogen and oxygen atoms in total. The molecule has 1 amide bonds. The zero-order valence-electron chi connectivity index (χ0n) is 12.6. The van der Waals surface area contributed by atoms with Gasteiger partial charge in [0.25, 0.3) is 5.91 Å². The van der Waals surface area contributed by atoms with E-state index in [1.165, 1.54) is 12.3 Å². The fourth-order valence-electron chi connectivity index (χ4n) is 2.69. The summed E-state index contributed by atoms with van der Waals surface area (Å²) in [5, 5.41) is 0. The number of nitrogen functional groups attached to an aromatic ring is 1. The first-order chi connectivity index (χ1) is 10.9. The summed E-state index contributed by atoms with van der Waals surface area (Å²) in [6.07, 6.45) is 2.03. The molecule has 1 aliphatic rings. The molecule has 0 atom stereocenters. The Labute approximate surface area is 132 Å². The van der Waals surface area contributed by atoms with Crippen LogP contribution in [0.2, 0.25) is 0 Å². The highest BCUT2D eigenvalue weighted by atomic mass is 19.2. The molecule has 2 aromatic rings. The van der Waals surface area contributed by atoms with Crippen molar-refractivity contribution in [1.82, 2.24) is 14.9 Å². The molecule has 2 N–H and O–H groups in total. The summed E-state index contributed by atoms with van der Waals surface area (Å²) in [5.41, 5.74) is 6.77. The maximum Gasteiger partial charge on any atom is 0.259 e. The first-order valence-corrected chi connectivity index (χ1v) is 7.26. The van der Waals surface area contributed by atoms with Gasteiger partial charge in [-0.05, 0) is 37.0 Å². The highest BCUT2D eigenvalue weighted by Crippen LogP contribution is 2.24. The van der Waals surface area contributed by atoms with Crippen LogP contribution in [-0.2, 0) is 6.42 Å². The molecular formula is C16H16F2N4O. The molecule has 0 bridgehead atoms. The first kappa shape index (κ1) is 15.3. The molecule has 0 unspecified atom stereocenters. The van der Waals surface area contributed by atoms with Gasteiger partial charge >= 0.3 is 0 Å². The van der Waals surface area contributed by atoms with Crippen LogP contribution in [0.4, 0.5) is 14.6 Å². The molecule has 0 aliphatic carbocycles. The van der Waals surface area contributed by atoms with Crippen LogP contribution in [0.25, 0.3) is 0 Å². The summed E-state index contributed by atoms with van der Waals surface area (Å²) in [6, 6.07) is 3.89. The van der Waals surface area contributed by atoms with Crippen LogP contribution in [0.1, 0.15) is 21.7 Å². The maximum atomic E-state index is 13.2. The topological polar surface area (TPSA) is 72.1 Å². The van der Waals surface area contributed by atoms with E-state index in [1.54, 1.807) is 17.9 Å². The first-order valence-electron chi connectivity index (χ1n) is 7.26. The zero-order chi connectivity index (χ0) is 16.6. The van der Waals surface area contributed by atoms with Crippen LogP contribution in [-0.4, -0.2) is 33.9 Å². The number of likely N-dealkylation sites (tertiary alicyclic amines) is 1. The van der Waals surface area contributed by atoms with E-state index in [1.807, 2.05) is 0 Å². The molecule has 0 saturated carbocycles. The Morgan fingerprint density at radius 3 is 2.74 bits per heavy atom. The Kier molecular flexibility index (Phi) is 3.94. The Morgan fingerprint density at radius 2 is 2.09 bits per heavy atom. The van der Waals surface area contributed by atoms with Crippen LogP contribution in [0, 0.1) is 24.5 Å². The number of anilines is 1. The summed E-state index contributed by atoms with van der Waals surface area (Å²) in [6.45, 7) is 2.79. The number of rotatable bonds is 3. The van der Waals surface area contributed by atoms with Crippen molar-refractivity contribution < 1.29 is 13.6 Å². The smallest absolute Gasteiger partial charge is 0.259 e. The number of hydrogen-bond acceptors (Lipinski definition) is 4. The van der Waals surface area contributed by atoms with Crippen LogP contribution in [0.15, 0.2) is 24.4 Å². The lowest BCUT2D eigenvalue weighted by Crippen LogP contribution is -2.50. The minimum absolute atomic E-state index is 0.173. The third-order valence-corrected chi connectivity index (χ3v) is 3.92. The lowest BCUT2D eigenvalue weighted by atomic mass is 9.91. The van der Waals surface area contributed by atoms with E-state index in [2.05, 4.69) is 9.97 Å².